The lowest BCUT2D eigenvalue weighted by molar-refractivity contribution is -0.935. The van der Waals surface area contributed by atoms with Gasteiger partial charge in [0, 0.05) is 0 Å². The minimum absolute atomic E-state index is 0.225. The highest BCUT2D eigenvalue weighted by Crippen LogP contribution is 2.27. The van der Waals surface area contributed by atoms with Crippen molar-refractivity contribution in [3.8, 4) is 0 Å². The topological polar surface area (TPSA) is 39.4 Å². The van der Waals surface area contributed by atoms with Crippen molar-refractivity contribution in [2.75, 3.05) is 26.7 Å². The Labute approximate surface area is 109 Å². The molecule has 18 heavy (non-hydrogen) atoms. The Hall–Kier alpha value is -1.29. The molecule has 0 N–H and O–H groups in total. The van der Waals surface area contributed by atoms with E-state index in [0.717, 1.165) is 23.3 Å². The van der Waals surface area contributed by atoms with Crippen molar-refractivity contribution >= 4 is 5.97 Å². The molecule has 0 aromatic carbocycles. The summed E-state index contributed by atoms with van der Waals surface area (Å²) in [5.41, 5.74) is 0. The average molecular weight is 254 g/mol. The Morgan fingerprint density at radius 3 is 2.44 bits per heavy atom. The first-order chi connectivity index (χ1) is 8.48. The molecule has 0 radical (unpaired) electrons. The lowest BCUT2D eigenvalue weighted by Gasteiger charge is -2.37. The zero-order valence-electron chi connectivity index (χ0n) is 12.0. The van der Waals surface area contributed by atoms with Crippen molar-refractivity contribution in [2.45, 2.75) is 33.7 Å². The maximum absolute atomic E-state index is 11.5. The zero-order valence-corrected chi connectivity index (χ0v) is 12.0. The number of carbonyl (C=O) groups excluding carboxylic acids is 1. The van der Waals surface area contributed by atoms with Gasteiger partial charge in [0.25, 0.3) is 0 Å². The number of hydrogen-bond acceptors (Lipinski definition) is 3. The molecule has 4 heteroatoms. The molecule has 1 rings (SSSR count). The van der Waals surface area contributed by atoms with Crippen LogP contribution >= 0.6 is 0 Å². The molecule has 0 fully saturated rings. The molecule has 1 aromatic heterocycles. The van der Waals surface area contributed by atoms with Gasteiger partial charge in [-0.1, -0.05) is 0 Å². The Balaban J connectivity index is 2.88. The average Bonchev–Trinajstić information content (AvgIpc) is 2.86. The van der Waals surface area contributed by atoms with Crippen molar-refractivity contribution in [3.63, 3.8) is 0 Å². The molecule has 0 aliphatic carbocycles. The van der Waals surface area contributed by atoms with Crippen molar-refractivity contribution in [3.05, 3.63) is 23.7 Å². The molecule has 0 aliphatic heterocycles. The SMILES string of the molecule is CCOC(=O)c1ccc([C@@H](C)[N+](C)(CC)CC)o1. The standard InChI is InChI=1S/C14H24NO3/c1-6-15(5,7-2)11(4)12-9-10-13(18-12)14(16)17-8-3/h9-11H,6-8H2,1-5H3/q+1/t11-/m1/s1. The van der Waals surface area contributed by atoms with Crippen molar-refractivity contribution in [1.82, 2.24) is 0 Å². The number of hydrogen-bond donors (Lipinski definition) is 0. The van der Waals surface area contributed by atoms with Crippen LogP contribution in [0.15, 0.2) is 16.5 Å². The van der Waals surface area contributed by atoms with Crippen molar-refractivity contribution in [2.24, 2.45) is 0 Å². The van der Waals surface area contributed by atoms with Gasteiger partial charge in [-0.3, -0.25) is 0 Å². The van der Waals surface area contributed by atoms with Gasteiger partial charge in [-0.2, -0.15) is 0 Å². The summed E-state index contributed by atoms with van der Waals surface area (Å²) in [6, 6.07) is 3.79. The van der Waals surface area contributed by atoms with Crippen LogP contribution in [-0.4, -0.2) is 37.2 Å². The van der Waals surface area contributed by atoms with Crippen LogP contribution in [0.4, 0.5) is 0 Å². The van der Waals surface area contributed by atoms with Crippen LogP contribution in [-0.2, 0) is 4.74 Å². The predicted molar refractivity (Wildman–Crippen MR) is 70.3 cm³/mol. The van der Waals surface area contributed by atoms with E-state index >= 15 is 0 Å². The van der Waals surface area contributed by atoms with Crippen LogP contribution in [0.5, 0.6) is 0 Å². The third-order valence-corrected chi connectivity index (χ3v) is 3.89. The minimum Gasteiger partial charge on any atom is -0.460 e. The van der Waals surface area contributed by atoms with E-state index in [-0.39, 0.29) is 11.8 Å². The summed E-state index contributed by atoms with van der Waals surface area (Å²) < 4.78 is 11.4. The lowest BCUT2D eigenvalue weighted by atomic mass is 10.2. The van der Waals surface area contributed by atoms with Gasteiger partial charge in [-0.15, -0.1) is 0 Å². The Kier molecular flexibility index (Phi) is 4.96. The number of esters is 1. The number of furan rings is 1. The van der Waals surface area contributed by atoms with Crippen LogP contribution in [0.25, 0.3) is 0 Å². The second-order valence-electron chi connectivity index (χ2n) is 4.71. The third kappa shape index (κ3) is 2.93. The van der Waals surface area contributed by atoms with Gasteiger partial charge in [0.05, 0.1) is 26.7 Å². The Morgan fingerprint density at radius 1 is 1.33 bits per heavy atom. The number of quaternary nitrogens is 1. The van der Waals surface area contributed by atoms with E-state index in [0.29, 0.717) is 6.61 Å². The first-order valence-corrected chi connectivity index (χ1v) is 6.59. The van der Waals surface area contributed by atoms with E-state index in [9.17, 15) is 4.79 Å². The van der Waals surface area contributed by atoms with Crippen LogP contribution in [0, 0.1) is 0 Å². The van der Waals surface area contributed by atoms with Gasteiger partial charge in [-0.05, 0) is 39.8 Å². The van der Waals surface area contributed by atoms with E-state index in [1.165, 1.54) is 0 Å². The smallest absolute Gasteiger partial charge is 0.374 e. The maximum atomic E-state index is 11.5. The highest BCUT2D eigenvalue weighted by Gasteiger charge is 2.30. The summed E-state index contributed by atoms with van der Waals surface area (Å²) in [4.78, 5) is 11.5. The van der Waals surface area contributed by atoms with E-state index in [1.807, 2.05) is 6.07 Å². The fraction of sp³-hybridized carbons (Fsp3) is 0.643. The summed E-state index contributed by atoms with van der Waals surface area (Å²) >= 11 is 0. The van der Waals surface area contributed by atoms with Crippen molar-refractivity contribution < 1.29 is 18.4 Å². The van der Waals surface area contributed by atoms with E-state index in [2.05, 4.69) is 27.8 Å². The van der Waals surface area contributed by atoms with Gasteiger partial charge in [0.15, 0.2) is 5.76 Å². The Bertz CT molecular complexity index is 393. The summed E-state index contributed by atoms with van der Waals surface area (Å²) in [5.74, 6) is 0.736. The van der Waals surface area contributed by atoms with Crippen LogP contribution in [0.3, 0.4) is 0 Å². The molecule has 0 bridgehead atoms. The fourth-order valence-electron chi connectivity index (χ4n) is 1.97. The van der Waals surface area contributed by atoms with E-state index < -0.39 is 5.97 Å². The first kappa shape index (κ1) is 14.8. The predicted octanol–water partition coefficient (Wildman–Crippen LogP) is 3.00. The molecule has 1 heterocycles. The van der Waals surface area contributed by atoms with Crippen molar-refractivity contribution in [1.29, 1.82) is 0 Å². The highest BCUT2D eigenvalue weighted by molar-refractivity contribution is 5.86. The summed E-state index contributed by atoms with van der Waals surface area (Å²) in [6.07, 6.45) is 0. The normalized spacial score (nSPS) is 13.4. The van der Waals surface area contributed by atoms with Gasteiger partial charge >= 0.3 is 5.97 Å². The molecular weight excluding hydrogens is 230 g/mol. The summed E-state index contributed by atoms with van der Waals surface area (Å²) in [7, 11) is 2.19. The fourth-order valence-corrected chi connectivity index (χ4v) is 1.97. The largest absolute Gasteiger partial charge is 0.460 e. The molecule has 0 amide bonds. The van der Waals surface area contributed by atoms with E-state index in [1.54, 1.807) is 13.0 Å². The van der Waals surface area contributed by atoms with Crippen LogP contribution in [0.1, 0.15) is 50.1 Å². The molecule has 0 aliphatic rings. The molecule has 1 aromatic rings. The first-order valence-electron chi connectivity index (χ1n) is 6.59. The second-order valence-corrected chi connectivity index (χ2v) is 4.71. The van der Waals surface area contributed by atoms with Gasteiger partial charge in [-0.25, -0.2) is 4.79 Å². The Morgan fingerprint density at radius 2 is 1.94 bits per heavy atom. The molecule has 102 valence electrons. The lowest BCUT2D eigenvalue weighted by Crippen LogP contribution is -2.45. The third-order valence-electron chi connectivity index (χ3n) is 3.89. The van der Waals surface area contributed by atoms with Crippen LogP contribution < -0.4 is 0 Å². The monoisotopic (exact) mass is 254 g/mol. The highest BCUT2D eigenvalue weighted by atomic mass is 16.5. The number of ether oxygens (including phenoxy) is 1. The van der Waals surface area contributed by atoms with E-state index in [4.69, 9.17) is 9.15 Å². The number of nitrogens with zero attached hydrogens (tertiary/aromatic N) is 1. The van der Waals surface area contributed by atoms with Gasteiger partial charge < -0.3 is 13.6 Å². The number of carbonyl (C=O) groups is 1. The molecule has 0 spiro atoms. The molecule has 0 unspecified atom stereocenters. The quantitative estimate of drug-likeness (QED) is 0.578. The molecule has 4 nitrogen and oxygen atoms in total. The van der Waals surface area contributed by atoms with Crippen LogP contribution in [0.2, 0.25) is 0 Å². The molecular formula is C14H24NO3+. The van der Waals surface area contributed by atoms with Gasteiger partial charge in [0.1, 0.15) is 6.04 Å². The second kappa shape index (κ2) is 6.05. The molecule has 1 atom stereocenters. The molecule has 0 saturated heterocycles. The maximum Gasteiger partial charge on any atom is 0.374 e. The number of rotatable bonds is 6. The zero-order chi connectivity index (χ0) is 13.8. The minimum atomic E-state index is -0.391. The summed E-state index contributed by atoms with van der Waals surface area (Å²) in [5, 5.41) is 0. The van der Waals surface area contributed by atoms with Gasteiger partial charge in [0.2, 0.25) is 5.76 Å². The summed E-state index contributed by atoms with van der Waals surface area (Å²) in [6.45, 7) is 10.6. The molecule has 0 saturated carbocycles.